The highest BCUT2D eigenvalue weighted by atomic mass is 16.6. The number of nitrogens with one attached hydrogen (secondary N) is 1. The topological polar surface area (TPSA) is 119 Å². The number of benzene rings is 2. The van der Waals surface area contributed by atoms with Gasteiger partial charge in [-0.1, -0.05) is 48.6 Å². The van der Waals surface area contributed by atoms with E-state index in [1.165, 1.54) is 24.3 Å². The highest BCUT2D eigenvalue weighted by Gasteiger charge is 2.18. The molecule has 0 saturated carbocycles. The molecular weight excluding hydrogens is 352 g/mol. The molecule has 2 N–H and O–H groups in total. The number of hydrogen-bond donors (Lipinski definition) is 2. The zero-order chi connectivity index (χ0) is 19.6. The van der Waals surface area contributed by atoms with Gasteiger partial charge in [0.1, 0.15) is 6.61 Å². The number of carboxylic acid groups (broad SMARTS) is 1. The lowest BCUT2D eigenvalue weighted by Crippen LogP contribution is -2.24. The summed E-state index contributed by atoms with van der Waals surface area (Å²) in [5.74, 6) is -1.25. The van der Waals surface area contributed by atoms with Crippen LogP contribution >= 0.6 is 0 Å². The summed E-state index contributed by atoms with van der Waals surface area (Å²) in [5.41, 5.74) is 0.434. The molecule has 140 valence electrons. The van der Waals surface area contributed by atoms with Crippen LogP contribution < -0.4 is 5.32 Å². The van der Waals surface area contributed by atoms with E-state index < -0.39 is 17.0 Å². The molecule has 2 aromatic carbocycles. The molecule has 2 aromatic rings. The van der Waals surface area contributed by atoms with Gasteiger partial charge in [-0.25, -0.2) is 9.59 Å². The number of carbonyl (C=O) groups is 2. The second-order valence-corrected chi connectivity index (χ2v) is 5.48. The smallest absolute Gasteiger partial charge is 0.407 e. The Hall–Kier alpha value is -3.68. The van der Waals surface area contributed by atoms with Crippen LogP contribution in [0.3, 0.4) is 0 Å². The number of carbonyl (C=O) groups excluding carboxylic acids is 1. The largest absolute Gasteiger partial charge is 0.478 e. The van der Waals surface area contributed by atoms with Gasteiger partial charge in [0.25, 0.3) is 5.69 Å². The third-order valence-corrected chi connectivity index (χ3v) is 3.59. The summed E-state index contributed by atoms with van der Waals surface area (Å²) in [6, 6.07) is 13.1. The monoisotopic (exact) mass is 370 g/mol. The van der Waals surface area contributed by atoms with Crippen molar-refractivity contribution in [1.29, 1.82) is 0 Å². The van der Waals surface area contributed by atoms with Crippen molar-refractivity contribution in [3.05, 3.63) is 81.4 Å². The molecule has 0 aliphatic rings. The zero-order valence-corrected chi connectivity index (χ0v) is 14.3. The highest BCUT2D eigenvalue weighted by molar-refractivity contribution is 5.94. The van der Waals surface area contributed by atoms with Gasteiger partial charge in [-0.3, -0.25) is 10.1 Å². The van der Waals surface area contributed by atoms with E-state index in [-0.39, 0.29) is 30.0 Å². The molecule has 0 fully saturated rings. The lowest BCUT2D eigenvalue weighted by molar-refractivity contribution is -0.385. The molecule has 0 aliphatic carbocycles. The Kier molecular flexibility index (Phi) is 7.07. The van der Waals surface area contributed by atoms with Crippen molar-refractivity contribution in [2.45, 2.75) is 13.0 Å². The molecular formula is C19H18N2O6. The summed E-state index contributed by atoms with van der Waals surface area (Å²) in [5, 5.41) is 22.8. The summed E-state index contributed by atoms with van der Waals surface area (Å²) in [6.07, 6.45) is 2.71. The molecule has 0 aromatic heterocycles. The Bertz CT molecular complexity index is 816. The average molecular weight is 370 g/mol. The number of rotatable bonds is 8. The standard InChI is InChI=1S/C19H18N2O6/c22-18(23)16-10-6-11-17(21(25)26)15(16)9-4-5-12-20-19(24)27-13-14-7-2-1-3-8-14/h1-4,6-11H,5,12-13H2,(H,20,24)(H,22,23). The molecule has 0 spiro atoms. The minimum Gasteiger partial charge on any atom is -0.478 e. The molecule has 8 heteroatoms. The number of nitro benzene ring substituents is 1. The summed E-state index contributed by atoms with van der Waals surface area (Å²) >= 11 is 0. The van der Waals surface area contributed by atoms with E-state index in [4.69, 9.17) is 4.74 Å². The van der Waals surface area contributed by atoms with Crippen LogP contribution in [-0.2, 0) is 11.3 Å². The maximum absolute atomic E-state index is 11.6. The van der Waals surface area contributed by atoms with Crippen molar-refractivity contribution in [2.24, 2.45) is 0 Å². The first-order valence-electron chi connectivity index (χ1n) is 8.11. The molecule has 1 amide bonds. The van der Waals surface area contributed by atoms with E-state index in [2.05, 4.69) is 5.32 Å². The van der Waals surface area contributed by atoms with Crippen LogP contribution in [0.1, 0.15) is 27.9 Å². The van der Waals surface area contributed by atoms with E-state index >= 15 is 0 Å². The summed E-state index contributed by atoms with van der Waals surface area (Å²) < 4.78 is 5.05. The molecule has 27 heavy (non-hydrogen) atoms. The maximum Gasteiger partial charge on any atom is 0.407 e. The minimum atomic E-state index is -1.25. The first-order chi connectivity index (χ1) is 13.0. The van der Waals surface area contributed by atoms with Gasteiger partial charge in [-0.15, -0.1) is 0 Å². The number of ether oxygens (including phenoxy) is 1. The summed E-state index contributed by atoms with van der Waals surface area (Å²) in [4.78, 5) is 33.3. The van der Waals surface area contributed by atoms with Crippen LogP contribution in [-0.4, -0.2) is 28.6 Å². The third-order valence-electron chi connectivity index (χ3n) is 3.59. The molecule has 0 unspecified atom stereocenters. The van der Waals surface area contributed by atoms with Crippen molar-refractivity contribution >= 4 is 23.8 Å². The van der Waals surface area contributed by atoms with Gasteiger partial charge in [0.2, 0.25) is 0 Å². The van der Waals surface area contributed by atoms with Crippen molar-refractivity contribution in [1.82, 2.24) is 5.32 Å². The van der Waals surface area contributed by atoms with Gasteiger partial charge in [0.05, 0.1) is 16.1 Å². The second kappa shape index (κ2) is 9.71. The maximum atomic E-state index is 11.6. The summed E-state index contributed by atoms with van der Waals surface area (Å²) in [7, 11) is 0. The van der Waals surface area contributed by atoms with Crippen LogP contribution in [0.25, 0.3) is 6.08 Å². The van der Waals surface area contributed by atoms with E-state index in [0.29, 0.717) is 6.42 Å². The average Bonchev–Trinajstić information content (AvgIpc) is 2.66. The molecule has 0 bridgehead atoms. The molecule has 0 atom stereocenters. The second-order valence-electron chi connectivity index (χ2n) is 5.48. The van der Waals surface area contributed by atoms with Gasteiger partial charge < -0.3 is 15.2 Å². The SMILES string of the molecule is O=C(NCCC=Cc1c(C(=O)O)cccc1[N+](=O)[O-])OCc1ccccc1. The van der Waals surface area contributed by atoms with Gasteiger partial charge in [-0.05, 0) is 18.1 Å². The van der Waals surface area contributed by atoms with Crippen LogP contribution in [0.4, 0.5) is 10.5 Å². The molecule has 2 rings (SSSR count). The fourth-order valence-corrected chi connectivity index (χ4v) is 2.31. The van der Waals surface area contributed by atoms with E-state index in [1.54, 1.807) is 6.08 Å². The van der Waals surface area contributed by atoms with E-state index in [1.807, 2.05) is 30.3 Å². The number of alkyl carbamates (subject to hydrolysis) is 1. The number of amides is 1. The predicted molar refractivity (Wildman–Crippen MR) is 98.3 cm³/mol. The molecule has 0 heterocycles. The number of nitrogens with zero attached hydrogens (tertiary/aromatic N) is 1. The van der Waals surface area contributed by atoms with E-state index in [0.717, 1.165) is 5.56 Å². The fourth-order valence-electron chi connectivity index (χ4n) is 2.31. The Morgan fingerprint density at radius 2 is 1.89 bits per heavy atom. The molecule has 0 radical (unpaired) electrons. The lowest BCUT2D eigenvalue weighted by atomic mass is 10.0. The Balaban J connectivity index is 1.86. The number of aromatic carboxylic acids is 1. The number of nitro groups is 1. The normalized spacial score (nSPS) is 10.5. The van der Waals surface area contributed by atoms with Gasteiger partial charge in [0.15, 0.2) is 0 Å². The first kappa shape index (κ1) is 19.6. The molecule has 0 aliphatic heterocycles. The van der Waals surface area contributed by atoms with Crippen LogP contribution in [0.5, 0.6) is 0 Å². The van der Waals surface area contributed by atoms with E-state index in [9.17, 15) is 24.8 Å². The van der Waals surface area contributed by atoms with Crippen LogP contribution in [0.15, 0.2) is 54.6 Å². The molecule has 8 nitrogen and oxygen atoms in total. The third kappa shape index (κ3) is 5.96. The van der Waals surface area contributed by atoms with Crippen molar-refractivity contribution in [3.8, 4) is 0 Å². The lowest BCUT2D eigenvalue weighted by Gasteiger charge is -2.06. The highest BCUT2D eigenvalue weighted by Crippen LogP contribution is 2.24. The first-order valence-corrected chi connectivity index (χ1v) is 8.11. The van der Waals surface area contributed by atoms with Crippen molar-refractivity contribution < 1.29 is 24.4 Å². The van der Waals surface area contributed by atoms with Crippen molar-refractivity contribution in [3.63, 3.8) is 0 Å². The van der Waals surface area contributed by atoms with Gasteiger partial charge in [-0.2, -0.15) is 0 Å². The van der Waals surface area contributed by atoms with Gasteiger partial charge >= 0.3 is 12.1 Å². The zero-order valence-electron chi connectivity index (χ0n) is 14.3. The number of carboxylic acids is 1. The number of hydrogen-bond acceptors (Lipinski definition) is 5. The minimum absolute atomic E-state index is 0.0154. The summed E-state index contributed by atoms with van der Waals surface area (Å²) in [6.45, 7) is 0.397. The molecule has 0 saturated heterocycles. The Morgan fingerprint density at radius 3 is 2.56 bits per heavy atom. The van der Waals surface area contributed by atoms with Crippen LogP contribution in [0, 0.1) is 10.1 Å². The van der Waals surface area contributed by atoms with Crippen molar-refractivity contribution in [2.75, 3.05) is 6.54 Å². The quantitative estimate of drug-likeness (QED) is 0.416. The Labute approximate surface area is 155 Å². The van der Waals surface area contributed by atoms with Crippen LogP contribution in [0.2, 0.25) is 0 Å². The fraction of sp³-hybridized carbons (Fsp3) is 0.158. The predicted octanol–water partition coefficient (Wildman–Crippen LogP) is 3.62. The van der Waals surface area contributed by atoms with Gasteiger partial charge in [0, 0.05) is 12.6 Å². The Morgan fingerprint density at radius 1 is 1.15 bits per heavy atom.